The Labute approximate surface area is 109 Å². The molecular formula is C13H25NO4. The van der Waals surface area contributed by atoms with Gasteiger partial charge in [-0.3, -0.25) is 0 Å². The summed E-state index contributed by atoms with van der Waals surface area (Å²) in [5, 5.41) is 0. The smallest absolute Gasteiger partial charge is 0.170 e. The summed E-state index contributed by atoms with van der Waals surface area (Å²) in [6.07, 6.45) is 3.08. The van der Waals surface area contributed by atoms with Gasteiger partial charge in [0, 0.05) is 46.2 Å². The molecule has 106 valence electrons. The molecule has 0 saturated carbocycles. The number of ether oxygens (including phenoxy) is 4. The SMILES string of the molecule is COCCOCCCN1CCC2(CC1)OCCO2. The van der Waals surface area contributed by atoms with Crippen LogP contribution in [0.1, 0.15) is 19.3 Å². The van der Waals surface area contributed by atoms with Gasteiger partial charge in [-0.15, -0.1) is 0 Å². The van der Waals surface area contributed by atoms with Gasteiger partial charge in [-0.1, -0.05) is 0 Å². The van der Waals surface area contributed by atoms with Crippen molar-refractivity contribution in [2.45, 2.75) is 25.0 Å². The van der Waals surface area contributed by atoms with Crippen LogP contribution >= 0.6 is 0 Å². The molecule has 0 radical (unpaired) electrons. The Bertz CT molecular complexity index is 221. The van der Waals surface area contributed by atoms with Crippen molar-refractivity contribution in [1.82, 2.24) is 4.90 Å². The van der Waals surface area contributed by atoms with E-state index in [2.05, 4.69) is 4.90 Å². The summed E-state index contributed by atoms with van der Waals surface area (Å²) >= 11 is 0. The molecule has 2 heterocycles. The van der Waals surface area contributed by atoms with Crippen LogP contribution in [0, 0.1) is 0 Å². The van der Waals surface area contributed by atoms with Gasteiger partial charge in [0.05, 0.1) is 26.4 Å². The van der Waals surface area contributed by atoms with Gasteiger partial charge in [-0.05, 0) is 6.42 Å². The first kappa shape index (κ1) is 14.2. The third-order valence-electron chi connectivity index (χ3n) is 3.63. The maximum absolute atomic E-state index is 5.71. The van der Waals surface area contributed by atoms with Crippen LogP contribution in [0.4, 0.5) is 0 Å². The van der Waals surface area contributed by atoms with E-state index >= 15 is 0 Å². The number of piperidine rings is 1. The molecule has 2 aliphatic heterocycles. The number of methoxy groups -OCH3 is 1. The molecule has 1 spiro atoms. The van der Waals surface area contributed by atoms with Crippen LogP contribution < -0.4 is 0 Å². The fourth-order valence-corrected chi connectivity index (χ4v) is 2.54. The van der Waals surface area contributed by atoms with Gasteiger partial charge in [0.15, 0.2) is 5.79 Å². The molecule has 0 atom stereocenters. The van der Waals surface area contributed by atoms with Gasteiger partial charge >= 0.3 is 0 Å². The highest BCUT2D eigenvalue weighted by molar-refractivity contribution is 4.82. The van der Waals surface area contributed by atoms with Crippen molar-refractivity contribution in [3.8, 4) is 0 Å². The average Bonchev–Trinajstić information content (AvgIpc) is 2.85. The zero-order chi connectivity index (χ0) is 12.7. The third-order valence-corrected chi connectivity index (χ3v) is 3.63. The number of rotatable bonds is 7. The van der Waals surface area contributed by atoms with Crippen LogP contribution in [-0.2, 0) is 18.9 Å². The molecule has 5 heteroatoms. The number of hydrogen-bond donors (Lipinski definition) is 0. The number of hydrogen-bond acceptors (Lipinski definition) is 5. The minimum Gasteiger partial charge on any atom is -0.382 e. The molecule has 0 N–H and O–H groups in total. The second-order valence-electron chi connectivity index (χ2n) is 4.91. The lowest BCUT2D eigenvalue weighted by Gasteiger charge is -2.37. The van der Waals surface area contributed by atoms with Gasteiger partial charge in [0.1, 0.15) is 0 Å². The monoisotopic (exact) mass is 259 g/mol. The minimum absolute atomic E-state index is 0.245. The van der Waals surface area contributed by atoms with Crippen molar-refractivity contribution >= 4 is 0 Å². The number of likely N-dealkylation sites (tertiary alicyclic amines) is 1. The average molecular weight is 259 g/mol. The molecule has 0 bridgehead atoms. The van der Waals surface area contributed by atoms with E-state index in [1.807, 2.05) is 0 Å². The van der Waals surface area contributed by atoms with Crippen LogP contribution in [0.3, 0.4) is 0 Å². The molecule has 2 aliphatic rings. The number of nitrogens with zero attached hydrogens (tertiary/aromatic N) is 1. The van der Waals surface area contributed by atoms with E-state index in [4.69, 9.17) is 18.9 Å². The quantitative estimate of drug-likeness (QED) is 0.635. The van der Waals surface area contributed by atoms with Gasteiger partial charge in [-0.25, -0.2) is 0 Å². The predicted molar refractivity (Wildman–Crippen MR) is 67.6 cm³/mol. The summed E-state index contributed by atoms with van der Waals surface area (Å²) in [4.78, 5) is 2.47. The van der Waals surface area contributed by atoms with Crippen LogP contribution in [0.15, 0.2) is 0 Å². The van der Waals surface area contributed by atoms with Gasteiger partial charge < -0.3 is 23.8 Å². The summed E-state index contributed by atoms with van der Waals surface area (Å²) in [5.74, 6) is -0.245. The highest BCUT2D eigenvalue weighted by atomic mass is 16.7. The van der Waals surface area contributed by atoms with Crippen molar-refractivity contribution in [3.63, 3.8) is 0 Å². The van der Waals surface area contributed by atoms with Crippen molar-refractivity contribution in [1.29, 1.82) is 0 Å². The Kier molecular flexibility index (Phi) is 5.85. The molecule has 0 unspecified atom stereocenters. The molecule has 0 aromatic rings. The molecular weight excluding hydrogens is 234 g/mol. The molecule has 0 aromatic carbocycles. The zero-order valence-corrected chi connectivity index (χ0v) is 11.4. The van der Waals surface area contributed by atoms with Crippen LogP contribution in [0.5, 0.6) is 0 Å². The summed E-state index contributed by atoms with van der Waals surface area (Å²) < 4.78 is 21.8. The van der Waals surface area contributed by atoms with E-state index in [1.165, 1.54) is 0 Å². The third kappa shape index (κ3) is 4.17. The Balaban J connectivity index is 1.51. The molecule has 2 saturated heterocycles. The van der Waals surface area contributed by atoms with Gasteiger partial charge in [0.2, 0.25) is 0 Å². The topological polar surface area (TPSA) is 40.2 Å². The van der Waals surface area contributed by atoms with Crippen LogP contribution in [0.2, 0.25) is 0 Å². The molecule has 0 aliphatic carbocycles. The van der Waals surface area contributed by atoms with Crippen LogP contribution in [-0.4, -0.2) is 70.5 Å². The Morgan fingerprint density at radius 3 is 2.44 bits per heavy atom. The van der Waals surface area contributed by atoms with E-state index < -0.39 is 0 Å². The molecule has 5 nitrogen and oxygen atoms in total. The normalized spacial score (nSPS) is 23.8. The Hall–Kier alpha value is -0.200. The maximum Gasteiger partial charge on any atom is 0.170 e. The molecule has 18 heavy (non-hydrogen) atoms. The summed E-state index contributed by atoms with van der Waals surface area (Å²) in [6, 6.07) is 0. The first-order valence-corrected chi connectivity index (χ1v) is 6.92. The minimum atomic E-state index is -0.245. The van der Waals surface area contributed by atoms with Gasteiger partial charge in [-0.2, -0.15) is 0 Å². The van der Waals surface area contributed by atoms with Crippen molar-refractivity contribution in [2.24, 2.45) is 0 Å². The first-order valence-electron chi connectivity index (χ1n) is 6.92. The summed E-state index contributed by atoms with van der Waals surface area (Å²) in [5.41, 5.74) is 0. The van der Waals surface area contributed by atoms with E-state index in [-0.39, 0.29) is 5.79 Å². The highest BCUT2D eigenvalue weighted by Gasteiger charge is 2.39. The zero-order valence-electron chi connectivity index (χ0n) is 11.4. The fraction of sp³-hybridized carbons (Fsp3) is 1.00. The Morgan fingerprint density at radius 2 is 1.78 bits per heavy atom. The summed E-state index contributed by atoms with van der Waals surface area (Å²) in [6.45, 7) is 6.94. The molecule has 0 amide bonds. The van der Waals surface area contributed by atoms with E-state index in [0.717, 1.165) is 58.7 Å². The standard InChI is InChI=1S/C13H25NO4/c1-15-9-10-16-8-2-5-14-6-3-13(4-7-14)17-11-12-18-13/h2-12H2,1H3. The van der Waals surface area contributed by atoms with E-state index in [9.17, 15) is 0 Å². The summed E-state index contributed by atoms with van der Waals surface area (Å²) in [7, 11) is 1.69. The maximum atomic E-state index is 5.71. The van der Waals surface area contributed by atoms with Crippen molar-refractivity contribution in [2.75, 3.05) is 59.8 Å². The fourth-order valence-electron chi connectivity index (χ4n) is 2.54. The van der Waals surface area contributed by atoms with Crippen molar-refractivity contribution < 1.29 is 18.9 Å². The van der Waals surface area contributed by atoms with E-state index in [1.54, 1.807) is 7.11 Å². The lowest BCUT2D eigenvalue weighted by Crippen LogP contribution is -2.45. The second kappa shape index (κ2) is 7.40. The molecule has 2 fully saturated rings. The predicted octanol–water partition coefficient (Wildman–Crippen LogP) is 0.878. The molecule has 0 aromatic heterocycles. The molecule has 2 rings (SSSR count). The van der Waals surface area contributed by atoms with Gasteiger partial charge in [0.25, 0.3) is 0 Å². The largest absolute Gasteiger partial charge is 0.382 e. The Morgan fingerprint density at radius 1 is 1.06 bits per heavy atom. The lowest BCUT2D eigenvalue weighted by molar-refractivity contribution is -0.185. The van der Waals surface area contributed by atoms with Crippen molar-refractivity contribution in [3.05, 3.63) is 0 Å². The van der Waals surface area contributed by atoms with Crippen LogP contribution in [0.25, 0.3) is 0 Å². The lowest BCUT2D eigenvalue weighted by atomic mass is 10.0. The highest BCUT2D eigenvalue weighted by Crippen LogP contribution is 2.31. The van der Waals surface area contributed by atoms with E-state index in [0.29, 0.717) is 13.2 Å². The first-order chi connectivity index (χ1) is 8.85. The second-order valence-corrected chi connectivity index (χ2v) is 4.91.